The Morgan fingerprint density at radius 2 is 1.85 bits per heavy atom. The zero-order valence-electron chi connectivity index (χ0n) is 14.7. The summed E-state index contributed by atoms with van der Waals surface area (Å²) < 4.78 is 5.44. The Bertz CT molecular complexity index is 795. The number of thioether (sulfide) groups is 1. The number of nitrogens with zero attached hydrogens (tertiary/aromatic N) is 1. The SMILES string of the molecule is COc1ccccc1C1SC(C)C(=O)N1C(Cc1ccccc1)C(=O)O. The smallest absolute Gasteiger partial charge is 0.326 e. The van der Waals surface area contributed by atoms with E-state index in [0.717, 1.165) is 11.1 Å². The lowest BCUT2D eigenvalue weighted by Crippen LogP contribution is -2.45. The van der Waals surface area contributed by atoms with Crippen molar-refractivity contribution in [2.75, 3.05) is 7.11 Å². The first kappa shape index (κ1) is 18.3. The van der Waals surface area contributed by atoms with Crippen LogP contribution in [0.15, 0.2) is 54.6 Å². The van der Waals surface area contributed by atoms with Gasteiger partial charge in [0.1, 0.15) is 17.2 Å². The Labute approximate surface area is 157 Å². The molecule has 1 saturated heterocycles. The fourth-order valence-electron chi connectivity index (χ4n) is 3.20. The van der Waals surface area contributed by atoms with Gasteiger partial charge in [0, 0.05) is 12.0 Å². The van der Waals surface area contributed by atoms with E-state index < -0.39 is 17.4 Å². The monoisotopic (exact) mass is 371 g/mol. The standard InChI is InChI=1S/C20H21NO4S/c1-13-18(22)21(16(20(23)24)12-14-8-4-3-5-9-14)19(26-13)15-10-6-7-11-17(15)25-2/h3-11,13,16,19H,12H2,1-2H3,(H,23,24). The molecule has 6 heteroatoms. The summed E-state index contributed by atoms with van der Waals surface area (Å²) in [6, 6.07) is 15.9. The van der Waals surface area contributed by atoms with Crippen molar-refractivity contribution >= 4 is 23.6 Å². The number of carbonyl (C=O) groups is 2. The molecule has 2 aromatic rings. The summed E-state index contributed by atoms with van der Waals surface area (Å²) in [6.07, 6.45) is 0.265. The molecular weight excluding hydrogens is 350 g/mol. The fraction of sp³-hybridized carbons (Fsp3) is 0.300. The molecule has 0 bridgehead atoms. The first-order valence-electron chi connectivity index (χ1n) is 8.40. The number of hydrogen-bond acceptors (Lipinski definition) is 4. The zero-order chi connectivity index (χ0) is 18.7. The molecule has 1 fully saturated rings. The molecule has 3 atom stereocenters. The second-order valence-electron chi connectivity index (χ2n) is 6.16. The summed E-state index contributed by atoms with van der Waals surface area (Å²) in [5.41, 5.74) is 1.70. The van der Waals surface area contributed by atoms with Crippen molar-refractivity contribution in [2.24, 2.45) is 0 Å². The number of rotatable bonds is 6. The summed E-state index contributed by atoms with van der Waals surface area (Å²) in [4.78, 5) is 26.4. The number of ether oxygens (including phenoxy) is 1. The summed E-state index contributed by atoms with van der Waals surface area (Å²) in [7, 11) is 1.58. The largest absolute Gasteiger partial charge is 0.496 e. The van der Waals surface area contributed by atoms with Crippen LogP contribution in [0, 0.1) is 0 Å². The molecule has 0 radical (unpaired) electrons. The van der Waals surface area contributed by atoms with Gasteiger partial charge in [0.05, 0.1) is 12.4 Å². The van der Waals surface area contributed by atoms with Crippen LogP contribution in [0.3, 0.4) is 0 Å². The zero-order valence-corrected chi connectivity index (χ0v) is 15.5. The third kappa shape index (κ3) is 3.55. The Kier molecular flexibility index (Phi) is 5.52. The van der Waals surface area contributed by atoms with E-state index in [-0.39, 0.29) is 17.6 Å². The number of aliphatic carboxylic acids is 1. The summed E-state index contributed by atoms with van der Waals surface area (Å²) in [6.45, 7) is 1.82. The van der Waals surface area contributed by atoms with Gasteiger partial charge in [-0.1, -0.05) is 48.5 Å². The Balaban J connectivity index is 1.99. The molecule has 5 nitrogen and oxygen atoms in total. The molecule has 1 aliphatic heterocycles. The van der Waals surface area contributed by atoms with Gasteiger partial charge in [0.2, 0.25) is 5.91 Å². The van der Waals surface area contributed by atoms with Gasteiger partial charge in [0.15, 0.2) is 0 Å². The van der Waals surface area contributed by atoms with E-state index >= 15 is 0 Å². The van der Waals surface area contributed by atoms with Crippen LogP contribution in [0.2, 0.25) is 0 Å². The van der Waals surface area contributed by atoms with E-state index in [1.54, 1.807) is 7.11 Å². The molecule has 1 N–H and O–H groups in total. The van der Waals surface area contributed by atoms with Crippen LogP contribution in [0.1, 0.15) is 23.4 Å². The Hall–Kier alpha value is -2.47. The van der Waals surface area contributed by atoms with Crippen LogP contribution < -0.4 is 4.74 Å². The van der Waals surface area contributed by atoms with Crippen LogP contribution >= 0.6 is 11.8 Å². The molecule has 3 unspecified atom stereocenters. The van der Waals surface area contributed by atoms with E-state index in [4.69, 9.17) is 4.74 Å². The van der Waals surface area contributed by atoms with E-state index in [2.05, 4.69) is 0 Å². The fourth-order valence-corrected chi connectivity index (χ4v) is 4.54. The summed E-state index contributed by atoms with van der Waals surface area (Å²) in [5, 5.41) is 9.16. The van der Waals surface area contributed by atoms with Gasteiger partial charge < -0.3 is 14.7 Å². The molecule has 1 aliphatic rings. The van der Waals surface area contributed by atoms with Crippen LogP contribution in [0.5, 0.6) is 5.75 Å². The van der Waals surface area contributed by atoms with Crippen molar-refractivity contribution in [3.8, 4) is 5.75 Å². The number of para-hydroxylation sites is 1. The summed E-state index contributed by atoms with van der Waals surface area (Å²) in [5.74, 6) is -0.508. The van der Waals surface area contributed by atoms with Crippen molar-refractivity contribution in [3.05, 3.63) is 65.7 Å². The molecule has 0 saturated carbocycles. The molecule has 0 aliphatic carbocycles. The number of amides is 1. The number of benzene rings is 2. The van der Waals surface area contributed by atoms with Crippen molar-refractivity contribution in [2.45, 2.75) is 30.0 Å². The van der Waals surface area contributed by atoms with Gasteiger partial charge in [-0.05, 0) is 18.6 Å². The van der Waals surface area contributed by atoms with Crippen molar-refractivity contribution < 1.29 is 19.4 Å². The Morgan fingerprint density at radius 3 is 2.50 bits per heavy atom. The molecule has 1 heterocycles. The van der Waals surface area contributed by atoms with Crippen LogP contribution in [-0.4, -0.2) is 40.3 Å². The molecule has 136 valence electrons. The van der Waals surface area contributed by atoms with Gasteiger partial charge in [-0.2, -0.15) is 0 Å². The van der Waals surface area contributed by atoms with Gasteiger partial charge in [-0.15, -0.1) is 11.8 Å². The topological polar surface area (TPSA) is 66.8 Å². The van der Waals surface area contributed by atoms with Crippen molar-refractivity contribution in [1.29, 1.82) is 0 Å². The minimum Gasteiger partial charge on any atom is -0.496 e. The van der Waals surface area contributed by atoms with Gasteiger partial charge in [0.25, 0.3) is 0 Å². The maximum Gasteiger partial charge on any atom is 0.326 e. The number of carboxylic acid groups (broad SMARTS) is 1. The van der Waals surface area contributed by atoms with Crippen LogP contribution in [0.4, 0.5) is 0 Å². The minimum absolute atomic E-state index is 0.158. The van der Waals surface area contributed by atoms with E-state index in [1.165, 1.54) is 16.7 Å². The average Bonchev–Trinajstić information content (AvgIpc) is 2.95. The normalized spacial score (nSPS) is 20.8. The summed E-state index contributed by atoms with van der Waals surface area (Å²) >= 11 is 1.45. The quantitative estimate of drug-likeness (QED) is 0.843. The maximum absolute atomic E-state index is 12.8. The number of carboxylic acids is 1. The average molecular weight is 371 g/mol. The maximum atomic E-state index is 12.8. The Morgan fingerprint density at radius 1 is 1.19 bits per heavy atom. The minimum atomic E-state index is -1.00. The number of carbonyl (C=O) groups excluding carboxylic acids is 1. The first-order chi connectivity index (χ1) is 12.5. The highest BCUT2D eigenvalue weighted by Gasteiger charge is 2.45. The molecule has 26 heavy (non-hydrogen) atoms. The van der Waals surface area contributed by atoms with Crippen molar-refractivity contribution in [1.82, 2.24) is 4.90 Å². The third-order valence-corrected chi connectivity index (χ3v) is 5.83. The van der Waals surface area contributed by atoms with E-state index in [0.29, 0.717) is 5.75 Å². The van der Waals surface area contributed by atoms with Crippen LogP contribution in [0.25, 0.3) is 0 Å². The third-order valence-electron chi connectivity index (χ3n) is 4.49. The lowest BCUT2D eigenvalue weighted by Gasteiger charge is -2.31. The molecule has 0 spiro atoms. The predicted molar refractivity (Wildman–Crippen MR) is 101 cm³/mol. The van der Waals surface area contributed by atoms with Gasteiger partial charge >= 0.3 is 5.97 Å². The van der Waals surface area contributed by atoms with Gasteiger partial charge in [-0.3, -0.25) is 4.79 Å². The highest BCUT2D eigenvalue weighted by atomic mass is 32.2. The molecular formula is C20H21NO4S. The van der Waals surface area contributed by atoms with E-state index in [9.17, 15) is 14.7 Å². The lowest BCUT2D eigenvalue weighted by molar-refractivity contribution is -0.149. The van der Waals surface area contributed by atoms with Crippen molar-refractivity contribution in [3.63, 3.8) is 0 Å². The van der Waals surface area contributed by atoms with Crippen LogP contribution in [-0.2, 0) is 16.0 Å². The predicted octanol–water partition coefficient (Wildman–Crippen LogP) is 3.35. The lowest BCUT2D eigenvalue weighted by atomic mass is 10.0. The highest BCUT2D eigenvalue weighted by molar-refractivity contribution is 8.01. The molecule has 1 amide bonds. The highest BCUT2D eigenvalue weighted by Crippen LogP contribution is 2.47. The first-order valence-corrected chi connectivity index (χ1v) is 9.34. The molecule has 0 aromatic heterocycles. The second kappa shape index (κ2) is 7.83. The van der Waals surface area contributed by atoms with E-state index in [1.807, 2.05) is 61.5 Å². The van der Waals surface area contributed by atoms with Gasteiger partial charge in [-0.25, -0.2) is 4.79 Å². The molecule has 3 rings (SSSR count). The number of methoxy groups -OCH3 is 1. The molecule has 2 aromatic carbocycles. The second-order valence-corrected chi connectivity index (χ2v) is 7.59. The number of hydrogen-bond donors (Lipinski definition) is 1.